The number of allylic oxidation sites excluding steroid dienone is 2. The van der Waals surface area contributed by atoms with Gasteiger partial charge in [-0.3, -0.25) is 9.59 Å². The second-order valence-electron chi connectivity index (χ2n) is 5.46. The Morgan fingerprint density at radius 3 is 3.12 bits per heavy atom. The Morgan fingerprint density at radius 2 is 2.38 bits per heavy atom. The van der Waals surface area contributed by atoms with Crippen molar-refractivity contribution in [3.8, 4) is 0 Å². The monoisotopic (exact) mass is 218 g/mol. The summed E-state index contributed by atoms with van der Waals surface area (Å²) in [6.07, 6.45) is 5.45. The maximum atomic E-state index is 12.3. The number of ketones is 2. The molecule has 1 saturated heterocycles. The summed E-state index contributed by atoms with van der Waals surface area (Å²) < 4.78 is 5.45. The van der Waals surface area contributed by atoms with Gasteiger partial charge in [0.05, 0.1) is 5.41 Å². The number of hydrogen-bond donors (Lipinski definition) is 0. The highest BCUT2D eigenvalue weighted by atomic mass is 16.6. The van der Waals surface area contributed by atoms with Crippen LogP contribution in [0.15, 0.2) is 12.2 Å². The molecule has 0 aromatic carbocycles. The lowest BCUT2D eigenvalue weighted by Gasteiger charge is -2.35. The van der Waals surface area contributed by atoms with Gasteiger partial charge in [-0.2, -0.15) is 0 Å². The smallest absolute Gasteiger partial charge is 0.169 e. The first kappa shape index (κ1) is 9.11. The van der Waals surface area contributed by atoms with Crippen LogP contribution in [0.2, 0.25) is 0 Å². The number of carbonyl (C=O) groups excluding carboxylic acids is 2. The summed E-state index contributed by atoms with van der Waals surface area (Å²) in [4.78, 5) is 24.5. The zero-order chi connectivity index (χ0) is 11.1. The Kier molecular flexibility index (Phi) is 1.41. The minimum absolute atomic E-state index is 0.0568. The lowest BCUT2D eigenvalue weighted by Crippen LogP contribution is -2.45. The molecule has 0 unspecified atom stereocenters. The Labute approximate surface area is 93.8 Å². The van der Waals surface area contributed by atoms with Crippen LogP contribution in [-0.2, 0) is 14.3 Å². The fourth-order valence-corrected chi connectivity index (χ4v) is 4.46. The average molecular weight is 218 g/mol. The fraction of sp³-hybridized carbons (Fsp3) is 0.692. The molecule has 0 amide bonds. The van der Waals surface area contributed by atoms with Gasteiger partial charge >= 0.3 is 0 Å². The van der Waals surface area contributed by atoms with Crippen LogP contribution in [0.1, 0.15) is 19.8 Å². The van der Waals surface area contributed by atoms with Gasteiger partial charge in [0, 0.05) is 12.3 Å². The molecule has 2 bridgehead atoms. The van der Waals surface area contributed by atoms with Crippen molar-refractivity contribution in [2.45, 2.75) is 32.0 Å². The van der Waals surface area contributed by atoms with E-state index in [1.165, 1.54) is 0 Å². The van der Waals surface area contributed by atoms with Crippen molar-refractivity contribution in [1.82, 2.24) is 0 Å². The van der Waals surface area contributed by atoms with E-state index < -0.39 is 5.41 Å². The zero-order valence-electron chi connectivity index (χ0n) is 9.18. The van der Waals surface area contributed by atoms with Crippen LogP contribution >= 0.6 is 0 Å². The number of Topliss-reactive ketones (excluding diaryl/α,β-unsaturated/α-hetero) is 2. The van der Waals surface area contributed by atoms with Crippen molar-refractivity contribution in [1.29, 1.82) is 0 Å². The molecule has 0 aromatic rings. The van der Waals surface area contributed by atoms with Gasteiger partial charge in [-0.1, -0.05) is 19.1 Å². The number of fused-ring (bicyclic) bond motifs is 7. The van der Waals surface area contributed by atoms with Crippen molar-refractivity contribution < 1.29 is 14.3 Å². The van der Waals surface area contributed by atoms with Gasteiger partial charge in [-0.25, -0.2) is 0 Å². The average Bonchev–Trinajstić information content (AvgIpc) is 2.73. The Morgan fingerprint density at radius 1 is 1.56 bits per heavy atom. The Hall–Kier alpha value is -0.960. The number of carbonyl (C=O) groups is 2. The van der Waals surface area contributed by atoms with Crippen LogP contribution in [0.3, 0.4) is 0 Å². The summed E-state index contributed by atoms with van der Waals surface area (Å²) in [5.74, 6) is 0.954. The topological polar surface area (TPSA) is 46.7 Å². The molecule has 4 aliphatic rings. The molecule has 4 rings (SSSR count). The molecule has 0 radical (unpaired) electrons. The van der Waals surface area contributed by atoms with Gasteiger partial charge in [-0.05, 0) is 18.3 Å². The summed E-state index contributed by atoms with van der Waals surface area (Å²) in [7, 11) is 0. The number of rotatable bonds is 2. The van der Waals surface area contributed by atoms with Crippen LogP contribution in [0.25, 0.3) is 0 Å². The number of hydrogen-bond acceptors (Lipinski definition) is 3. The van der Waals surface area contributed by atoms with E-state index in [2.05, 4.69) is 12.2 Å². The first-order valence-electron chi connectivity index (χ1n) is 6.12. The molecule has 6 atom stereocenters. The maximum Gasteiger partial charge on any atom is 0.169 e. The molecule has 3 heteroatoms. The summed E-state index contributed by atoms with van der Waals surface area (Å²) in [6.45, 7) is 1.89. The molecule has 3 aliphatic carbocycles. The first-order valence-corrected chi connectivity index (χ1v) is 6.12. The SMILES string of the molecule is CCC(=O)[C@@]12[C@@H]3O[C@@H]3C(=O)[C@@H]1[C@H]1C=C[C@H]2C1. The van der Waals surface area contributed by atoms with E-state index in [1.807, 2.05) is 6.92 Å². The van der Waals surface area contributed by atoms with Crippen LogP contribution in [0.5, 0.6) is 0 Å². The number of epoxide rings is 1. The second kappa shape index (κ2) is 2.48. The van der Waals surface area contributed by atoms with E-state index in [1.54, 1.807) is 0 Å². The molecule has 16 heavy (non-hydrogen) atoms. The standard InChI is InChI=1S/C13H14O3/c1-2-8(14)13-7-4-3-6(5-7)9(13)10(15)11-12(13)16-11/h3-4,6-7,9,11-12H,2,5H2,1H3/t6-,7-,9-,11+,12+,13+/m0/s1. The van der Waals surface area contributed by atoms with Crippen LogP contribution in [0, 0.1) is 23.2 Å². The third kappa shape index (κ3) is 0.698. The highest BCUT2D eigenvalue weighted by Gasteiger charge is 2.79. The van der Waals surface area contributed by atoms with Crippen LogP contribution in [0.4, 0.5) is 0 Å². The van der Waals surface area contributed by atoms with Gasteiger partial charge in [0.15, 0.2) is 5.78 Å². The molecule has 0 aromatic heterocycles. The molecule has 84 valence electrons. The van der Waals surface area contributed by atoms with Crippen LogP contribution in [-0.4, -0.2) is 23.8 Å². The van der Waals surface area contributed by atoms with Crippen molar-refractivity contribution in [3.63, 3.8) is 0 Å². The third-order valence-electron chi connectivity index (χ3n) is 5.03. The normalized spacial score (nSPS) is 55.3. The van der Waals surface area contributed by atoms with Crippen molar-refractivity contribution in [2.24, 2.45) is 23.2 Å². The molecule has 0 spiro atoms. The molecule has 2 saturated carbocycles. The van der Waals surface area contributed by atoms with Gasteiger partial charge in [0.25, 0.3) is 0 Å². The van der Waals surface area contributed by atoms with Gasteiger partial charge in [0.1, 0.15) is 18.0 Å². The lowest BCUT2D eigenvalue weighted by molar-refractivity contribution is -0.141. The number of ether oxygens (including phenoxy) is 1. The predicted octanol–water partition coefficient (Wildman–Crippen LogP) is 1.12. The summed E-state index contributed by atoms with van der Waals surface area (Å²) >= 11 is 0. The van der Waals surface area contributed by atoms with E-state index in [9.17, 15) is 9.59 Å². The minimum atomic E-state index is -0.462. The highest BCUT2D eigenvalue weighted by molar-refractivity contribution is 6.03. The van der Waals surface area contributed by atoms with Gasteiger partial charge in [-0.15, -0.1) is 0 Å². The molecular formula is C13H14O3. The summed E-state index contributed by atoms with van der Waals surface area (Å²) in [5.41, 5.74) is -0.462. The summed E-state index contributed by atoms with van der Waals surface area (Å²) in [6, 6.07) is 0. The summed E-state index contributed by atoms with van der Waals surface area (Å²) in [5, 5.41) is 0. The van der Waals surface area contributed by atoms with E-state index in [-0.39, 0.29) is 35.6 Å². The zero-order valence-corrected chi connectivity index (χ0v) is 9.18. The predicted molar refractivity (Wildman–Crippen MR) is 55.6 cm³/mol. The Balaban J connectivity index is 1.90. The minimum Gasteiger partial charge on any atom is -0.360 e. The van der Waals surface area contributed by atoms with Crippen molar-refractivity contribution in [2.75, 3.05) is 0 Å². The fourth-order valence-electron chi connectivity index (χ4n) is 4.46. The molecular weight excluding hydrogens is 204 g/mol. The van der Waals surface area contributed by atoms with E-state index in [4.69, 9.17) is 4.74 Å². The second-order valence-corrected chi connectivity index (χ2v) is 5.46. The molecule has 1 aliphatic heterocycles. The third-order valence-corrected chi connectivity index (χ3v) is 5.03. The first-order chi connectivity index (χ1) is 7.71. The molecule has 1 heterocycles. The Bertz CT molecular complexity index is 438. The van der Waals surface area contributed by atoms with E-state index in [0.717, 1.165) is 6.42 Å². The highest BCUT2D eigenvalue weighted by Crippen LogP contribution is 2.68. The lowest BCUT2D eigenvalue weighted by atomic mass is 9.66. The van der Waals surface area contributed by atoms with E-state index >= 15 is 0 Å². The quantitative estimate of drug-likeness (QED) is 0.515. The molecule has 3 nitrogen and oxygen atoms in total. The van der Waals surface area contributed by atoms with Crippen molar-refractivity contribution >= 4 is 11.6 Å². The van der Waals surface area contributed by atoms with E-state index in [0.29, 0.717) is 12.3 Å². The largest absolute Gasteiger partial charge is 0.360 e. The maximum absolute atomic E-state index is 12.3. The van der Waals surface area contributed by atoms with Gasteiger partial charge in [0.2, 0.25) is 0 Å². The molecule has 3 fully saturated rings. The van der Waals surface area contributed by atoms with Crippen molar-refractivity contribution in [3.05, 3.63) is 12.2 Å². The molecule has 0 N–H and O–H groups in total. The van der Waals surface area contributed by atoms with Gasteiger partial charge < -0.3 is 4.74 Å². The van der Waals surface area contributed by atoms with Crippen LogP contribution < -0.4 is 0 Å².